The number of hydrogen-bond acceptors (Lipinski definition) is 0. The second-order valence-corrected chi connectivity index (χ2v) is 33.2. The molecule has 0 heteroatoms. The van der Waals surface area contributed by atoms with Crippen LogP contribution < -0.4 is 0 Å². The third-order valence-corrected chi connectivity index (χ3v) is 17.1. The van der Waals surface area contributed by atoms with Gasteiger partial charge in [-0.05, 0) is 188 Å². The van der Waals surface area contributed by atoms with Crippen molar-refractivity contribution in [1.29, 1.82) is 0 Å². The van der Waals surface area contributed by atoms with E-state index in [0.717, 1.165) is 74.0 Å². The second kappa shape index (κ2) is 65.2. The van der Waals surface area contributed by atoms with E-state index in [0.29, 0.717) is 23.7 Å². The Kier molecular flexibility index (Phi) is 58.3. The number of benzene rings is 10. The maximum Gasteiger partial charge on any atom is -0.0219 e. The Labute approximate surface area is 706 Å². The zero-order valence-electron chi connectivity index (χ0n) is 75.2. The Bertz CT molecular complexity index is 3950. The van der Waals surface area contributed by atoms with Crippen molar-refractivity contribution in [3.8, 4) is 0 Å². The van der Waals surface area contributed by atoms with E-state index in [1.807, 2.05) is 66.8 Å². The van der Waals surface area contributed by atoms with Crippen molar-refractivity contribution in [3.05, 3.63) is 415 Å². The zero-order valence-corrected chi connectivity index (χ0v) is 75.2. The molecule has 0 N–H and O–H groups in total. The molecule has 0 saturated carbocycles. The molecule has 0 fully saturated rings. The fraction of sp³-hybridized carbons (Fsp3) is 0.322. The van der Waals surface area contributed by atoms with Crippen LogP contribution in [0.3, 0.4) is 0 Å². The SMILES string of the molecule is C=C(CC(C)C)c1ccccc1.C=C(c1ccccc1)C(C)C.C=Cc1ccc(CC(C)C)cc1.C=Cc1ccc(CC(C)C)cc1.C=Cc1cccc(CC(C)C)c1.CC(C)C=Cc1ccccc1.CC(C)C=Cc1ccccc1.CC(C)CC=Cc1ccccc1.CC(C)CC=Cc1ccccc1.CC(C)Cc1ccccc1. The van der Waals surface area contributed by atoms with Crippen LogP contribution in [0.2, 0.25) is 0 Å². The molecule has 10 aromatic carbocycles. The van der Waals surface area contributed by atoms with Crippen LogP contribution in [0.1, 0.15) is 230 Å². The summed E-state index contributed by atoms with van der Waals surface area (Å²) in [5, 5.41) is 0. The standard InChI is InChI=1S/6C12H16.3C11H14.C10H14/c1-10(2)9-11(3)12-7-5-4-6-8-12;2*1-11(2)7-6-10-12-8-4-3-5-9-12;2*1-4-11-5-7-12(8-6-11)9-10(2)3;1-4-11-6-5-7-12(9-11)8-10(2)3;1-9(2)10(3)11-7-5-4-6-8-11;2*1-10(2)8-9-11-6-4-3-5-7-11;1-9(2)8-10-6-4-3-5-7-10/h4-8,10H,3,9H2,1-2H3;2*3-6,8-11H,7H2,1-2H3;2*4-8,10H,1,9H2,2-3H3;4-7,9-10H,1,8H2,2-3H3;4-9H,3H2,1-2H3;2*3-10H,1-2H3;3-7,9H,8H2,1-2H3. The highest BCUT2D eigenvalue weighted by Crippen LogP contribution is 2.22. The van der Waals surface area contributed by atoms with E-state index in [9.17, 15) is 0 Å². The van der Waals surface area contributed by atoms with Gasteiger partial charge in [-0.3, -0.25) is 0 Å². The Balaban J connectivity index is 0.000000639. The van der Waals surface area contributed by atoms with Gasteiger partial charge in [0.05, 0.1) is 0 Å². The summed E-state index contributed by atoms with van der Waals surface area (Å²) in [6.07, 6.45) is 31.3. The lowest BCUT2D eigenvalue weighted by Crippen LogP contribution is -1.93. The fourth-order valence-corrected chi connectivity index (χ4v) is 11.0. The van der Waals surface area contributed by atoms with Crippen molar-refractivity contribution in [2.45, 2.75) is 183 Å². The van der Waals surface area contributed by atoms with Gasteiger partial charge >= 0.3 is 0 Å². The van der Waals surface area contributed by atoms with Gasteiger partial charge in [-0.1, -0.05) is 523 Å². The van der Waals surface area contributed by atoms with Crippen molar-refractivity contribution in [1.82, 2.24) is 0 Å². The first-order chi connectivity index (χ1) is 55.0. The first kappa shape index (κ1) is 103. The van der Waals surface area contributed by atoms with E-state index in [1.165, 1.54) is 89.9 Å². The van der Waals surface area contributed by atoms with E-state index >= 15 is 0 Å². The maximum atomic E-state index is 4.07. The maximum absolute atomic E-state index is 4.07. The van der Waals surface area contributed by atoms with Crippen molar-refractivity contribution in [2.75, 3.05) is 0 Å². The molecule has 0 unspecified atom stereocenters. The molecule has 0 atom stereocenters. The molecule has 0 amide bonds. The molecule has 0 aliphatic heterocycles. The second-order valence-electron chi connectivity index (χ2n) is 33.2. The molecule has 0 aliphatic carbocycles. The van der Waals surface area contributed by atoms with Crippen molar-refractivity contribution >= 4 is 53.7 Å². The summed E-state index contributed by atoms with van der Waals surface area (Å²) >= 11 is 0. The molecular weight excluding hydrogens is 1380 g/mol. The van der Waals surface area contributed by atoms with Gasteiger partial charge in [-0.15, -0.1) is 0 Å². The van der Waals surface area contributed by atoms with Gasteiger partial charge in [-0.2, -0.15) is 0 Å². The van der Waals surface area contributed by atoms with Crippen LogP contribution in [0.4, 0.5) is 0 Å². The summed E-state index contributed by atoms with van der Waals surface area (Å²) in [6, 6.07) is 98.6. The minimum Gasteiger partial charge on any atom is -0.0985 e. The molecule has 0 aromatic heterocycles. The van der Waals surface area contributed by atoms with Crippen LogP contribution in [-0.2, 0) is 25.7 Å². The minimum absolute atomic E-state index is 0.539. The van der Waals surface area contributed by atoms with Crippen LogP contribution in [0.15, 0.2) is 342 Å². The van der Waals surface area contributed by atoms with Gasteiger partial charge in [0.15, 0.2) is 0 Å². The monoisotopic (exact) mass is 1530 g/mol. The summed E-state index contributed by atoms with van der Waals surface area (Å²) in [4.78, 5) is 0. The van der Waals surface area contributed by atoms with Gasteiger partial charge in [0.1, 0.15) is 0 Å². The lowest BCUT2D eigenvalue weighted by molar-refractivity contribution is 0.647. The fourth-order valence-electron chi connectivity index (χ4n) is 11.0. The van der Waals surface area contributed by atoms with Gasteiger partial charge in [0, 0.05) is 0 Å². The van der Waals surface area contributed by atoms with E-state index in [4.69, 9.17) is 0 Å². The van der Waals surface area contributed by atoms with Crippen molar-refractivity contribution in [3.63, 3.8) is 0 Å². The summed E-state index contributed by atoms with van der Waals surface area (Å²) in [5.41, 5.74) is 19.4. The molecule has 0 aliphatic rings. The van der Waals surface area contributed by atoms with Crippen LogP contribution in [0, 0.1) is 59.2 Å². The predicted molar refractivity (Wildman–Crippen MR) is 526 cm³/mol. The van der Waals surface area contributed by atoms with E-state index in [-0.39, 0.29) is 0 Å². The van der Waals surface area contributed by atoms with Crippen LogP contribution in [0.25, 0.3) is 53.7 Å². The molecule has 0 radical (unpaired) electrons. The third-order valence-electron chi connectivity index (χ3n) is 17.1. The molecule has 0 saturated heterocycles. The lowest BCUT2D eigenvalue weighted by atomic mass is 9.97. The number of allylic oxidation sites excluding steroid dienone is 6. The van der Waals surface area contributed by atoms with Gasteiger partial charge in [0.25, 0.3) is 0 Å². The number of hydrogen-bond donors (Lipinski definition) is 0. The minimum atomic E-state index is 0.539. The van der Waals surface area contributed by atoms with Gasteiger partial charge in [0.2, 0.25) is 0 Å². The molecule has 0 bridgehead atoms. The summed E-state index contributed by atoms with van der Waals surface area (Å²) in [6.45, 7) is 63.6. The topological polar surface area (TPSA) is 0 Å². The quantitative estimate of drug-likeness (QED) is 0.0507. The summed E-state index contributed by atoms with van der Waals surface area (Å²) < 4.78 is 0. The van der Waals surface area contributed by atoms with E-state index in [1.54, 1.807) is 0 Å². The Hall–Kier alpha value is -10.1. The van der Waals surface area contributed by atoms with Crippen LogP contribution >= 0.6 is 0 Å². The molecule has 612 valence electrons. The molecule has 0 heterocycles. The summed E-state index contributed by atoms with van der Waals surface area (Å²) in [5.74, 6) is 6.97. The van der Waals surface area contributed by atoms with Crippen molar-refractivity contribution < 1.29 is 0 Å². The van der Waals surface area contributed by atoms with E-state index in [2.05, 4.69) is 457 Å². The smallest absolute Gasteiger partial charge is 0.0219 e. The van der Waals surface area contributed by atoms with Gasteiger partial charge < -0.3 is 0 Å². The Morgan fingerprint density at radius 1 is 0.252 bits per heavy atom. The van der Waals surface area contributed by atoms with Crippen LogP contribution in [0.5, 0.6) is 0 Å². The molecule has 0 nitrogen and oxygen atoms in total. The third kappa shape index (κ3) is 58.4. The first-order valence-corrected chi connectivity index (χ1v) is 42.6. The highest BCUT2D eigenvalue weighted by Gasteiger charge is 2.04. The average molecular weight is 1530 g/mol. The average Bonchev–Trinajstić information content (AvgIpc) is 0.910. The Morgan fingerprint density at radius 2 is 0.522 bits per heavy atom. The number of rotatable bonds is 26. The van der Waals surface area contributed by atoms with Crippen LogP contribution in [-0.4, -0.2) is 0 Å². The molecule has 0 spiro atoms. The highest BCUT2D eigenvalue weighted by atomic mass is 14.1. The predicted octanol–water partition coefficient (Wildman–Crippen LogP) is 34.8. The highest BCUT2D eigenvalue weighted by molar-refractivity contribution is 5.65. The van der Waals surface area contributed by atoms with Crippen molar-refractivity contribution in [2.24, 2.45) is 59.2 Å². The van der Waals surface area contributed by atoms with Gasteiger partial charge in [-0.25, -0.2) is 0 Å². The molecule has 115 heavy (non-hydrogen) atoms. The normalized spacial score (nSPS) is 10.6. The first-order valence-electron chi connectivity index (χ1n) is 42.6. The molecule has 10 aromatic rings. The Morgan fingerprint density at radius 3 is 0.809 bits per heavy atom. The molecule has 10 rings (SSSR count). The molecular formula is C115H152. The van der Waals surface area contributed by atoms with E-state index < -0.39 is 0 Å². The lowest BCUT2D eigenvalue weighted by Gasteiger charge is -2.08. The zero-order chi connectivity index (χ0) is 85.4. The summed E-state index contributed by atoms with van der Waals surface area (Å²) in [7, 11) is 0. The largest absolute Gasteiger partial charge is 0.0985 e.